The summed E-state index contributed by atoms with van der Waals surface area (Å²) in [6, 6.07) is 0. The van der Waals surface area contributed by atoms with Crippen LogP contribution >= 0.6 is 0 Å². The normalized spacial score (nSPS) is 17.4. The topological polar surface area (TPSA) is 0 Å². The maximum atomic E-state index is 13.7. The number of hydrogen-bond donors (Lipinski definition) is 0. The third-order valence-electron chi connectivity index (χ3n) is 5.64. The Labute approximate surface area is 233 Å². The lowest BCUT2D eigenvalue weighted by Gasteiger charge is -2.46. The SMILES string of the molecule is CC(F)(F)C(F)(F)C(F)(F)C(F)(F)C(F)(F)C(F)(F)C(F)(F)C(F)(F)C(F)(F)C(F)(F)C(F)(F)C(F)(F)C(F)(F)C(F)(F)C(F)(F)F. The van der Waals surface area contributed by atoms with Gasteiger partial charge in [-0.3, -0.25) is 0 Å². The summed E-state index contributed by atoms with van der Waals surface area (Å²) in [7, 11) is 0. The molecule has 0 saturated carbocycles. The van der Waals surface area contributed by atoms with Crippen molar-refractivity contribution in [2.24, 2.45) is 0 Å². The van der Waals surface area contributed by atoms with Gasteiger partial charge in [-0.05, 0) is 0 Å². The van der Waals surface area contributed by atoms with Crippen LogP contribution in [-0.2, 0) is 0 Å². The zero-order chi connectivity index (χ0) is 39.5. The van der Waals surface area contributed by atoms with E-state index in [1.165, 1.54) is 0 Å². The second-order valence-electron chi connectivity index (χ2n) is 8.85. The summed E-state index contributed by atoms with van der Waals surface area (Å²) in [5, 5.41) is 0. The van der Waals surface area contributed by atoms with Crippen LogP contribution in [0.3, 0.4) is 0 Å². The molecule has 0 amide bonds. The van der Waals surface area contributed by atoms with Crippen LogP contribution in [-0.4, -0.2) is 89.1 Å². The van der Waals surface area contributed by atoms with Crippen molar-refractivity contribution in [3.63, 3.8) is 0 Å². The summed E-state index contributed by atoms with van der Waals surface area (Å²) in [5.41, 5.74) is 0. The van der Waals surface area contributed by atoms with Gasteiger partial charge in [0.15, 0.2) is 0 Å². The molecule has 0 bridgehead atoms. The molecule has 0 rings (SSSR count). The van der Waals surface area contributed by atoms with Crippen molar-refractivity contribution < 1.29 is 136 Å². The van der Waals surface area contributed by atoms with Crippen LogP contribution in [0.2, 0.25) is 0 Å². The average molecular weight is 784 g/mol. The monoisotopic (exact) mass is 784 g/mol. The Morgan fingerprint density at radius 2 is 0.277 bits per heavy atom. The Balaban J connectivity index is 7.61. The maximum Gasteiger partial charge on any atom is 0.460 e. The van der Waals surface area contributed by atoms with E-state index in [1.807, 2.05) is 0 Å². The second-order valence-corrected chi connectivity index (χ2v) is 8.85. The van der Waals surface area contributed by atoms with E-state index in [0.717, 1.165) is 0 Å². The van der Waals surface area contributed by atoms with Gasteiger partial charge in [-0.1, -0.05) is 0 Å². The molecular weight excluding hydrogens is 781 g/mol. The van der Waals surface area contributed by atoms with Crippen molar-refractivity contribution in [3.8, 4) is 0 Å². The molecule has 0 fully saturated rings. The number of hydrogen-bond acceptors (Lipinski definition) is 0. The molecule has 0 aromatic rings. The van der Waals surface area contributed by atoms with Crippen molar-refractivity contribution in [2.75, 3.05) is 0 Å². The summed E-state index contributed by atoms with van der Waals surface area (Å²) in [4.78, 5) is 0. The van der Waals surface area contributed by atoms with E-state index in [1.54, 1.807) is 0 Å². The van der Waals surface area contributed by atoms with Crippen LogP contribution < -0.4 is 0 Å². The van der Waals surface area contributed by atoms with Crippen molar-refractivity contribution in [3.05, 3.63) is 0 Å². The van der Waals surface area contributed by atoms with Gasteiger partial charge in [0, 0.05) is 6.92 Å². The van der Waals surface area contributed by atoms with E-state index in [9.17, 15) is 136 Å². The highest BCUT2D eigenvalue weighted by molar-refractivity contribution is 5.21. The van der Waals surface area contributed by atoms with Gasteiger partial charge in [0.05, 0.1) is 0 Å². The smallest absolute Gasteiger partial charge is 0.200 e. The van der Waals surface area contributed by atoms with E-state index in [0.29, 0.717) is 0 Å². The summed E-state index contributed by atoms with van der Waals surface area (Å²) < 4.78 is 409. The molecule has 0 aliphatic rings. The first-order valence-electron chi connectivity index (χ1n) is 9.86. The molecule has 0 radical (unpaired) electrons. The molecule has 31 heteroatoms. The van der Waals surface area contributed by atoms with Crippen LogP contribution in [0.5, 0.6) is 0 Å². The molecule has 0 aliphatic carbocycles. The highest BCUT2D eigenvalue weighted by atomic mass is 19.4. The first-order valence-corrected chi connectivity index (χ1v) is 9.86. The Morgan fingerprint density at radius 3 is 0.383 bits per heavy atom. The van der Waals surface area contributed by atoms with Gasteiger partial charge in [0.2, 0.25) is 0 Å². The Kier molecular flexibility index (Phi) is 9.94. The van der Waals surface area contributed by atoms with Crippen LogP contribution in [0.15, 0.2) is 0 Å². The van der Waals surface area contributed by atoms with Crippen molar-refractivity contribution >= 4 is 0 Å². The van der Waals surface area contributed by atoms with E-state index in [4.69, 9.17) is 0 Å². The fraction of sp³-hybridized carbons (Fsp3) is 1.00. The van der Waals surface area contributed by atoms with Crippen molar-refractivity contribution in [2.45, 2.75) is 96.0 Å². The molecule has 0 aromatic carbocycles. The molecule has 0 nitrogen and oxygen atoms in total. The Hall–Kier alpha value is -2.17. The molecular formula is C16H3F31. The number of rotatable bonds is 13. The Morgan fingerprint density at radius 1 is 0.170 bits per heavy atom. The number of halogens is 31. The first kappa shape index (κ1) is 44.8. The van der Waals surface area contributed by atoms with Gasteiger partial charge in [-0.2, -0.15) is 136 Å². The van der Waals surface area contributed by atoms with Gasteiger partial charge in [-0.25, -0.2) is 0 Å². The lowest BCUT2D eigenvalue weighted by molar-refractivity contribution is -0.489. The first-order chi connectivity index (χ1) is 19.5. The quantitative estimate of drug-likeness (QED) is 0.163. The molecule has 0 unspecified atom stereocenters. The van der Waals surface area contributed by atoms with Crippen molar-refractivity contribution in [1.29, 1.82) is 0 Å². The number of alkyl halides is 31. The molecule has 0 N–H and O–H groups in total. The maximum absolute atomic E-state index is 13.7. The van der Waals surface area contributed by atoms with Crippen LogP contribution in [0, 0.1) is 0 Å². The molecule has 0 aliphatic heterocycles. The van der Waals surface area contributed by atoms with Crippen LogP contribution in [0.4, 0.5) is 136 Å². The van der Waals surface area contributed by atoms with Gasteiger partial charge >= 0.3 is 89.1 Å². The minimum atomic E-state index is -10.0. The highest BCUT2D eigenvalue weighted by Crippen LogP contribution is 2.69. The van der Waals surface area contributed by atoms with Gasteiger partial charge in [0.25, 0.3) is 0 Å². The molecule has 0 saturated heterocycles. The lowest BCUT2D eigenvalue weighted by atomic mass is 9.83. The highest BCUT2D eigenvalue weighted by Gasteiger charge is 3.01. The largest absolute Gasteiger partial charge is 0.460 e. The van der Waals surface area contributed by atoms with Crippen molar-refractivity contribution in [1.82, 2.24) is 0 Å². The summed E-state index contributed by atoms with van der Waals surface area (Å²) in [6.45, 7) is -1.64. The lowest BCUT2D eigenvalue weighted by Crippen LogP contribution is -2.79. The predicted molar refractivity (Wildman–Crippen MR) is 81.0 cm³/mol. The summed E-state index contributed by atoms with van der Waals surface area (Å²) in [6.07, 6.45) is -8.33. The third kappa shape index (κ3) is 5.00. The minimum absolute atomic E-state index is 1.64. The van der Waals surface area contributed by atoms with Crippen LogP contribution in [0.25, 0.3) is 0 Å². The summed E-state index contributed by atoms with van der Waals surface area (Å²) >= 11 is 0. The molecule has 0 aromatic heterocycles. The predicted octanol–water partition coefficient (Wildman–Crippen LogP) is 10.5. The van der Waals surface area contributed by atoms with E-state index < -0.39 is 96.0 Å². The van der Waals surface area contributed by atoms with E-state index in [2.05, 4.69) is 0 Å². The second kappa shape index (κ2) is 10.4. The zero-order valence-corrected chi connectivity index (χ0v) is 20.2. The standard InChI is InChI=1S/C16H3F31/c1-2(17,18)3(19,20)4(21,22)5(23,24)6(25,26)7(27,28)8(29,30)9(31,32)10(33,34)11(35,36)12(37,38)13(39,40)14(41,42)15(43,44)16(45,46)47/h1H3. The average Bonchev–Trinajstić information content (AvgIpc) is 2.80. The molecule has 47 heavy (non-hydrogen) atoms. The molecule has 0 heterocycles. The van der Waals surface area contributed by atoms with Crippen LogP contribution in [0.1, 0.15) is 6.92 Å². The molecule has 0 spiro atoms. The minimum Gasteiger partial charge on any atom is -0.200 e. The van der Waals surface area contributed by atoms with Gasteiger partial charge in [0.1, 0.15) is 0 Å². The molecule has 284 valence electrons. The van der Waals surface area contributed by atoms with E-state index >= 15 is 0 Å². The van der Waals surface area contributed by atoms with Gasteiger partial charge < -0.3 is 0 Å². The Bertz CT molecular complexity index is 1050. The zero-order valence-electron chi connectivity index (χ0n) is 20.2. The summed E-state index contributed by atoms with van der Waals surface area (Å²) in [5.74, 6) is -131. The fourth-order valence-corrected chi connectivity index (χ4v) is 2.62. The van der Waals surface area contributed by atoms with E-state index in [-0.39, 0.29) is 0 Å². The van der Waals surface area contributed by atoms with Gasteiger partial charge in [-0.15, -0.1) is 0 Å². The third-order valence-corrected chi connectivity index (χ3v) is 5.64. The fourth-order valence-electron chi connectivity index (χ4n) is 2.62. The molecule has 0 atom stereocenters.